The number of rotatable bonds is 7. The summed E-state index contributed by atoms with van der Waals surface area (Å²) >= 11 is 0. The zero-order valence-corrected chi connectivity index (χ0v) is 15.8. The first-order valence-electron chi connectivity index (χ1n) is 9.46. The van der Waals surface area contributed by atoms with E-state index in [0.717, 1.165) is 32.1 Å². The van der Waals surface area contributed by atoms with Crippen molar-refractivity contribution < 1.29 is 19.2 Å². The van der Waals surface area contributed by atoms with Gasteiger partial charge in [0.05, 0.1) is 22.6 Å². The highest BCUT2D eigenvalue weighted by atomic mass is 16.7. The maximum atomic E-state index is 13.2. The Balaban J connectivity index is 1.95. The van der Waals surface area contributed by atoms with Crippen molar-refractivity contribution in [2.45, 2.75) is 50.6 Å². The summed E-state index contributed by atoms with van der Waals surface area (Å²) in [5.74, 6) is 0.376. The van der Waals surface area contributed by atoms with E-state index >= 15 is 0 Å². The van der Waals surface area contributed by atoms with Crippen LogP contribution >= 0.6 is 0 Å². The van der Waals surface area contributed by atoms with Crippen molar-refractivity contribution in [2.24, 2.45) is 0 Å². The molecule has 1 aliphatic heterocycles. The molecule has 0 saturated heterocycles. The summed E-state index contributed by atoms with van der Waals surface area (Å²) in [5, 5.41) is 23.6. The Morgan fingerprint density at radius 3 is 2.68 bits per heavy atom. The number of amides is 1. The molecule has 1 N–H and O–H groups in total. The molecule has 9 nitrogen and oxygen atoms in total. The quantitative estimate of drug-likeness (QED) is 0.563. The normalized spacial score (nSPS) is 17.2. The number of carbonyl (C=O) groups excluding carboxylic acids is 1. The Hall–Kier alpha value is -2.86. The maximum absolute atomic E-state index is 13.2. The van der Waals surface area contributed by atoms with E-state index in [1.54, 1.807) is 11.9 Å². The number of hydrogen-bond donors (Lipinski definition) is 1. The summed E-state index contributed by atoms with van der Waals surface area (Å²) in [4.78, 5) is 26.0. The number of ether oxygens (including phenoxy) is 2. The second-order valence-corrected chi connectivity index (χ2v) is 7.16. The third-order valence-electron chi connectivity index (χ3n) is 5.23. The Labute approximate surface area is 163 Å². The minimum Gasteiger partial charge on any atom is -0.454 e. The van der Waals surface area contributed by atoms with Crippen LogP contribution in [-0.2, 0) is 4.79 Å². The minimum absolute atomic E-state index is 0.0147. The predicted octanol–water partition coefficient (Wildman–Crippen LogP) is 2.66. The molecule has 28 heavy (non-hydrogen) atoms. The summed E-state index contributed by atoms with van der Waals surface area (Å²) in [6.07, 6.45) is 5.30. The first-order chi connectivity index (χ1) is 13.5. The maximum Gasteiger partial charge on any atom is 0.278 e. The van der Waals surface area contributed by atoms with Crippen LogP contribution in [0, 0.1) is 21.4 Å². The van der Waals surface area contributed by atoms with Crippen molar-refractivity contribution in [3.05, 3.63) is 27.8 Å². The molecule has 0 radical (unpaired) electrons. The van der Waals surface area contributed by atoms with E-state index in [2.05, 4.69) is 11.4 Å². The fourth-order valence-electron chi connectivity index (χ4n) is 3.79. The molecule has 2 aliphatic rings. The lowest BCUT2D eigenvalue weighted by molar-refractivity contribution is -0.385. The first-order valence-corrected chi connectivity index (χ1v) is 9.46. The van der Waals surface area contributed by atoms with Gasteiger partial charge in [0.1, 0.15) is 6.04 Å². The molecule has 0 spiro atoms. The number of carbonyl (C=O) groups is 1. The molecule has 0 unspecified atom stereocenters. The third-order valence-corrected chi connectivity index (χ3v) is 5.23. The van der Waals surface area contributed by atoms with Crippen molar-refractivity contribution in [3.63, 3.8) is 0 Å². The Kier molecular flexibility index (Phi) is 6.31. The largest absolute Gasteiger partial charge is 0.454 e. The number of benzene rings is 1. The standard InChI is InChI=1S/C19H24N4O5/c1-22(9-5-8-20)18(19(24)21-13-6-3-2-4-7-13)14-10-16-17(28-12-27-16)11-15(14)23(25)26/h10-11,13,18H,2-7,9,12H2,1H3,(H,21,24)/t18-/m1/s1. The minimum atomic E-state index is -0.898. The first kappa shape index (κ1) is 19.9. The molecule has 3 rings (SSSR count). The van der Waals surface area contributed by atoms with Gasteiger partial charge in [-0.1, -0.05) is 19.3 Å². The molecule has 0 bridgehead atoms. The van der Waals surface area contributed by atoms with Gasteiger partial charge in [-0.2, -0.15) is 5.26 Å². The number of likely N-dealkylation sites (N-methyl/N-ethyl adjacent to an activating group) is 1. The number of nitro benzene ring substituents is 1. The molecular weight excluding hydrogens is 364 g/mol. The van der Waals surface area contributed by atoms with Gasteiger partial charge in [-0.3, -0.25) is 19.8 Å². The van der Waals surface area contributed by atoms with Gasteiger partial charge in [-0.15, -0.1) is 0 Å². The second-order valence-electron chi connectivity index (χ2n) is 7.16. The van der Waals surface area contributed by atoms with Crippen LogP contribution in [0.1, 0.15) is 50.1 Å². The molecule has 0 aromatic heterocycles. The van der Waals surface area contributed by atoms with Gasteiger partial charge in [-0.25, -0.2) is 0 Å². The molecule has 1 aromatic rings. The summed E-state index contributed by atoms with van der Waals surface area (Å²) in [5.41, 5.74) is 0.0415. The van der Waals surface area contributed by atoms with E-state index < -0.39 is 11.0 Å². The zero-order valence-electron chi connectivity index (χ0n) is 15.8. The molecule has 1 amide bonds. The van der Waals surface area contributed by atoms with E-state index in [1.807, 2.05) is 0 Å². The lowest BCUT2D eigenvalue weighted by Gasteiger charge is -2.30. The van der Waals surface area contributed by atoms with Crippen molar-refractivity contribution in [1.82, 2.24) is 10.2 Å². The van der Waals surface area contributed by atoms with Crippen LogP contribution in [0.5, 0.6) is 11.5 Å². The fourth-order valence-corrected chi connectivity index (χ4v) is 3.79. The van der Waals surface area contributed by atoms with E-state index in [-0.39, 0.29) is 36.4 Å². The van der Waals surface area contributed by atoms with Crippen LogP contribution in [0.4, 0.5) is 5.69 Å². The summed E-state index contributed by atoms with van der Waals surface area (Å²) in [6, 6.07) is 4.04. The summed E-state index contributed by atoms with van der Waals surface area (Å²) in [6.45, 7) is 0.296. The highest BCUT2D eigenvalue weighted by molar-refractivity contribution is 5.85. The zero-order chi connectivity index (χ0) is 20.1. The molecular formula is C19H24N4O5. The molecule has 1 saturated carbocycles. The van der Waals surface area contributed by atoms with E-state index in [9.17, 15) is 14.9 Å². The Bertz CT molecular complexity index is 785. The number of hydrogen-bond acceptors (Lipinski definition) is 7. The molecule has 150 valence electrons. The monoisotopic (exact) mass is 388 g/mol. The average molecular weight is 388 g/mol. The van der Waals surface area contributed by atoms with E-state index in [1.165, 1.54) is 12.1 Å². The van der Waals surface area contributed by atoms with Gasteiger partial charge in [0.2, 0.25) is 12.7 Å². The predicted molar refractivity (Wildman–Crippen MR) is 99.8 cm³/mol. The number of nitrogens with zero attached hydrogens (tertiary/aromatic N) is 3. The number of nitro groups is 1. The van der Waals surface area contributed by atoms with Gasteiger partial charge in [-0.05, 0) is 26.0 Å². The van der Waals surface area contributed by atoms with Gasteiger partial charge in [0, 0.05) is 19.0 Å². The van der Waals surface area contributed by atoms with Gasteiger partial charge >= 0.3 is 0 Å². The number of fused-ring (bicyclic) bond motifs is 1. The van der Waals surface area contributed by atoms with Crippen molar-refractivity contribution in [1.29, 1.82) is 5.26 Å². The smallest absolute Gasteiger partial charge is 0.278 e. The highest BCUT2D eigenvalue weighted by Gasteiger charge is 2.35. The van der Waals surface area contributed by atoms with Gasteiger partial charge in [0.25, 0.3) is 5.69 Å². The Morgan fingerprint density at radius 1 is 1.36 bits per heavy atom. The molecule has 9 heteroatoms. The SMILES string of the molecule is CN(CCC#N)[C@@H](C(=O)NC1CCCCC1)c1cc2c(cc1[N+](=O)[O-])OCO2. The van der Waals surface area contributed by atoms with Crippen LogP contribution in [0.2, 0.25) is 0 Å². The molecule has 1 fully saturated rings. The lowest BCUT2D eigenvalue weighted by atomic mass is 9.94. The molecule has 1 atom stereocenters. The van der Waals surface area contributed by atoms with E-state index in [4.69, 9.17) is 14.7 Å². The van der Waals surface area contributed by atoms with Crippen LogP contribution in [0.25, 0.3) is 0 Å². The second kappa shape index (κ2) is 8.89. The molecule has 1 aromatic carbocycles. The van der Waals surface area contributed by atoms with Crippen LogP contribution in [-0.4, -0.2) is 42.2 Å². The van der Waals surface area contributed by atoms with Crippen LogP contribution in [0.3, 0.4) is 0 Å². The fraction of sp³-hybridized carbons (Fsp3) is 0.579. The highest BCUT2D eigenvalue weighted by Crippen LogP contribution is 2.41. The van der Waals surface area contributed by atoms with Crippen molar-refractivity contribution in [3.8, 4) is 17.6 Å². The molecule has 1 aliphatic carbocycles. The topological polar surface area (TPSA) is 118 Å². The van der Waals surface area contributed by atoms with Gasteiger partial charge < -0.3 is 14.8 Å². The van der Waals surface area contributed by atoms with Crippen LogP contribution in [0.15, 0.2) is 12.1 Å². The third kappa shape index (κ3) is 4.34. The van der Waals surface area contributed by atoms with Crippen molar-refractivity contribution in [2.75, 3.05) is 20.4 Å². The van der Waals surface area contributed by atoms with Crippen LogP contribution < -0.4 is 14.8 Å². The summed E-state index contributed by atoms with van der Waals surface area (Å²) in [7, 11) is 1.69. The lowest BCUT2D eigenvalue weighted by Crippen LogP contribution is -2.44. The van der Waals surface area contributed by atoms with Crippen molar-refractivity contribution >= 4 is 11.6 Å². The van der Waals surface area contributed by atoms with Gasteiger partial charge in [0.15, 0.2) is 11.5 Å². The number of nitrogens with one attached hydrogen (secondary N) is 1. The molecule has 1 heterocycles. The number of nitriles is 1. The van der Waals surface area contributed by atoms with E-state index in [0.29, 0.717) is 18.0 Å². The average Bonchev–Trinajstić information content (AvgIpc) is 3.14. The Morgan fingerprint density at radius 2 is 2.04 bits per heavy atom. The summed E-state index contributed by atoms with van der Waals surface area (Å²) < 4.78 is 10.6.